The van der Waals surface area contributed by atoms with E-state index in [2.05, 4.69) is 15.5 Å². The van der Waals surface area contributed by atoms with Crippen molar-refractivity contribution in [1.82, 2.24) is 15.0 Å². The number of fused-ring (bicyclic) bond motifs is 1. The molecular formula is C23H20N4O3S. The highest BCUT2D eigenvalue weighted by molar-refractivity contribution is 7.19. The fourth-order valence-electron chi connectivity index (χ4n) is 3.26. The Hall–Kier alpha value is -3.78. The van der Waals surface area contributed by atoms with E-state index in [0.29, 0.717) is 10.2 Å². The van der Waals surface area contributed by atoms with Gasteiger partial charge in [-0.3, -0.25) is 14.2 Å². The van der Waals surface area contributed by atoms with Gasteiger partial charge in [-0.25, -0.2) is 10.4 Å². The van der Waals surface area contributed by atoms with Crippen LogP contribution in [0.1, 0.15) is 10.4 Å². The number of amides is 1. The van der Waals surface area contributed by atoms with E-state index in [-0.39, 0.29) is 12.1 Å². The molecule has 8 heteroatoms. The molecule has 0 fully saturated rings. The van der Waals surface area contributed by atoms with Gasteiger partial charge in [0.25, 0.3) is 11.5 Å². The van der Waals surface area contributed by atoms with Crippen molar-refractivity contribution in [3.8, 4) is 16.9 Å². The zero-order valence-electron chi connectivity index (χ0n) is 17.0. The van der Waals surface area contributed by atoms with E-state index in [4.69, 9.17) is 4.74 Å². The van der Waals surface area contributed by atoms with E-state index in [0.717, 1.165) is 27.3 Å². The van der Waals surface area contributed by atoms with Gasteiger partial charge in [-0.1, -0.05) is 30.3 Å². The number of methoxy groups -OCH3 is 1. The summed E-state index contributed by atoms with van der Waals surface area (Å²) in [6.07, 6.45) is 2.93. The minimum Gasteiger partial charge on any atom is -0.497 e. The monoisotopic (exact) mass is 432 g/mol. The number of carbonyl (C=O) groups excluding carboxylic acids is 1. The predicted octanol–water partition coefficient (Wildman–Crippen LogP) is 3.59. The number of ether oxygens (including phenoxy) is 1. The number of rotatable bonds is 6. The number of benzene rings is 2. The van der Waals surface area contributed by atoms with Gasteiger partial charge in [-0.05, 0) is 42.3 Å². The molecule has 0 aliphatic carbocycles. The summed E-state index contributed by atoms with van der Waals surface area (Å²) in [6.45, 7) is 1.80. The van der Waals surface area contributed by atoms with Crippen molar-refractivity contribution >= 4 is 33.7 Å². The molecule has 0 radical (unpaired) electrons. The molecule has 0 spiro atoms. The molecule has 156 valence electrons. The molecule has 0 unspecified atom stereocenters. The first-order valence-corrected chi connectivity index (χ1v) is 10.4. The standard InChI is InChI=1S/C23H20N4O3S/c1-15-20(17-6-4-3-5-7-17)21-22(31-15)24-14-27(23(21)29)13-19(28)26-25-12-16-8-10-18(30-2)11-9-16/h3-12,14H,13H2,1-2H3,(H,26,28)/b25-12+. The fraction of sp³-hybridized carbons (Fsp3) is 0.130. The second-order valence-electron chi connectivity index (χ2n) is 6.82. The molecule has 4 rings (SSSR count). The lowest BCUT2D eigenvalue weighted by molar-refractivity contribution is -0.121. The first-order valence-electron chi connectivity index (χ1n) is 9.56. The van der Waals surface area contributed by atoms with Crippen molar-refractivity contribution in [3.63, 3.8) is 0 Å². The summed E-state index contributed by atoms with van der Waals surface area (Å²) in [5.41, 5.74) is 4.83. The van der Waals surface area contributed by atoms with Crippen molar-refractivity contribution in [1.29, 1.82) is 0 Å². The molecule has 0 aliphatic rings. The molecule has 31 heavy (non-hydrogen) atoms. The molecule has 2 heterocycles. The molecule has 0 atom stereocenters. The Morgan fingerprint density at radius 2 is 1.94 bits per heavy atom. The van der Waals surface area contributed by atoms with Crippen LogP contribution in [-0.2, 0) is 11.3 Å². The van der Waals surface area contributed by atoms with Crippen molar-refractivity contribution in [3.05, 3.63) is 81.7 Å². The summed E-state index contributed by atoms with van der Waals surface area (Å²) >= 11 is 1.47. The van der Waals surface area contributed by atoms with Crippen molar-refractivity contribution in [2.75, 3.05) is 7.11 Å². The molecule has 0 bridgehead atoms. The first-order chi connectivity index (χ1) is 15.1. The Bertz CT molecular complexity index is 1310. The van der Waals surface area contributed by atoms with E-state index in [1.165, 1.54) is 28.4 Å². The Balaban J connectivity index is 1.54. The van der Waals surface area contributed by atoms with Crippen LogP contribution in [0.2, 0.25) is 0 Å². The average molecular weight is 433 g/mol. The number of carbonyl (C=O) groups is 1. The van der Waals surface area contributed by atoms with Crippen LogP contribution in [0.15, 0.2) is 70.8 Å². The van der Waals surface area contributed by atoms with Gasteiger partial charge in [-0.15, -0.1) is 11.3 Å². The summed E-state index contributed by atoms with van der Waals surface area (Å²) in [6, 6.07) is 17.0. The zero-order valence-corrected chi connectivity index (χ0v) is 17.8. The molecule has 2 aromatic carbocycles. The van der Waals surface area contributed by atoms with Crippen molar-refractivity contribution in [2.45, 2.75) is 13.5 Å². The van der Waals surface area contributed by atoms with Gasteiger partial charge < -0.3 is 4.74 Å². The fourth-order valence-corrected chi connectivity index (χ4v) is 4.26. The topological polar surface area (TPSA) is 85.6 Å². The molecule has 0 aliphatic heterocycles. The molecule has 0 saturated heterocycles. The number of thiophene rings is 1. The van der Waals surface area contributed by atoms with Crippen molar-refractivity contribution < 1.29 is 9.53 Å². The molecule has 7 nitrogen and oxygen atoms in total. The third-order valence-corrected chi connectivity index (χ3v) is 5.76. The average Bonchev–Trinajstić information content (AvgIpc) is 3.13. The SMILES string of the molecule is COc1ccc(/C=N/NC(=O)Cn2cnc3sc(C)c(-c4ccccc4)c3c2=O)cc1. The first kappa shape index (κ1) is 20.5. The molecule has 4 aromatic rings. The molecular weight excluding hydrogens is 412 g/mol. The highest BCUT2D eigenvalue weighted by atomic mass is 32.1. The third kappa shape index (κ3) is 4.39. The van der Waals surface area contributed by atoms with Gasteiger partial charge in [0.05, 0.1) is 25.0 Å². The zero-order chi connectivity index (χ0) is 21.8. The smallest absolute Gasteiger partial charge is 0.263 e. The minimum atomic E-state index is -0.416. The molecule has 0 saturated carbocycles. The van der Waals surface area contributed by atoms with Crippen LogP contribution in [0.5, 0.6) is 5.75 Å². The van der Waals surface area contributed by atoms with Gasteiger partial charge in [0, 0.05) is 10.4 Å². The normalized spacial score (nSPS) is 11.2. The van der Waals surface area contributed by atoms with E-state index in [9.17, 15) is 9.59 Å². The number of hydrazone groups is 1. The largest absolute Gasteiger partial charge is 0.497 e. The van der Waals surface area contributed by atoms with E-state index < -0.39 is 5.91 Å². The number of aryl methyl sites for hydroxylation is 1. The Labute approximate surface area is 182 Å². The molecule has 2 aromatic heterocycles. The highest BCUT2D eigenvalue weighted by Crippen LogP contribution is 2.35. The second kappa shape index (κ2) is 8.93. The molecule has 1 amide bonds. The van der Waals surface area contributed by atoms with Crippen LogP contribution >= 0.6 is 11.3 Å². The van der Waals surface area contributed by atoms with Crippen LogP contribution in [0.4, 0.5) is 0 Å². The Morgan fingerprint density at radius 3 is 2.65 bits per heavy atom. The van der Waals surface area contributed by atoms with Gasteiger partial charge in [0.1, 0.15) is 17.1 Å². The van der Waals surface area contributed by atoms with Gasteiger partial charge in [0.15, 0.2) is 0 Å². The number of hydrogen-bond donors (Lipinski definition) is 1. The number of hydrogen-bond acceptors (Lipinski definition) is 6. The summed E-state index contributed by atoms with van der Waals surface area (Å²) in [4.78, 5) is 31.5. The Kier molecular flexibility index (Phi) is 5.90. The highest BCUT2D eigenvalue weighted by Gasteiger charge is 2.17. The van der Waals surface area contributed by atoms with Crippen LogP contribution in [0.3, 0.4) is 0 Å². The summed E-state index contributed by atoms with van der Waals surface area (Å²) < 4.78 is 6.41. The van der Waals surface area contributed by atoms with Crippen molar-refractivity contribution in [2.24, 2.45) is 5.10 Å². The van der Waals surface area contributed by atoms with E-state index in [1.54, 1.807) is 19.2 Å². The summed E-state index contributed by atoms with van der Waals surface area (Å²) in [5.74, 6) is 0.322. The van der Waals surface area contributed by atoms with Crippen LogP contribution in [-0.4, -0.2) is 28.8 Å². The maximum absolute atomic E-state index is 13.1. The maximum atomic E-state index is 13.1. The van der Waals surface area contributed by atoms with Gasteiger partial charge in [0.2, 0.25) is 0 Å². The number of aromatic nitrogens is 2. The minimum absolute atomic E-state index is 0.176. The lowest BCUT2D eigenvalue weighted by Gasteiger charge is -2.06. The Morgan fingerprint density at radius 1 is 1.19 bits per heavy atom. The number of nitrogens with one attached hydrogen (secondary N) is 1. The second-order valence-corrected chi connectivity index (χ2v) is 8.03. The van der Waals surface area contributed by atoms with E-state index in [1.807, 2.05) is 49.4 Å². The van der Waals surface area contributed by atoms with E-state index >= 15 is 0 Å². The van der Waals surface area contributed by atoms with Crippen LogP contribution in [0, 0.1) is 6.92 Å². The lowest BCUT2D eigenvalue weighted by atomic mass is 10.0. The number of nitrogens with zero attached hydrogens (tertiary/aromatic N) is 3. The maximum Gasteiger partial charge on any atom is 0.263 e. The summed E-state index contributed by atoms with van der Waals surface area (Å²) in [7, 11) is 1.59. The predicted molar refractivity (Wildman–Crippen MR) is 123 cm³/mol. The summed E-state index contributed by atoms with van der Waals surface area (Å²) in [5, 5.41) is 4.49. The molecule has 1 N–H and O–H groups in total. The van der Waals surface area contributed by atoms with Gasteiger partial charge in [-0.2, -0.15) is 5.10 Å². The van der Waals surface area contributed by atoms with Gasteiger partial charge >= 0.3 is 0 Å². The van der Waals surface area contributed by atoms with Crippen LogP contribution in [0.25, 0.3) is 21.3 Å². The quantitative estimate of drug-likeness (QED) is 0.373. The van der Waals surface area contributed by atoms with Crippen LogP contribution < -0.4 is 15.7 Å². The lowest BCUT2D eigenvalue weighted by Crippen LogP contribution is -2.30. The third-order valence-electron chi connectivity index (χ3n) is 4.75.